The summed E-state index contributed by atoms with van der Waals surface area (Å²) in [5.41, 5.74) is 10.5. The van der Waals surface area contributed by atoms with Crippen LogP contribution in [0.15, 0.2) is 102 Å². The van der Waals surface area contributed by atoms with Crippen molar-refractivity contribution >= 4 is 56.1 Å². The molecule has 4 amide bonds. The molecule has 10 rings (SSSR count). The standard InChI is InChI=1S/C53H58N8O8S/c1-68-52(64)57-47(32-9-5-4-6-10-32)51(63)61-24-8-12-46(61)49-54-31-44(56-49)39-16-15-35-27-34(13-14-36(35)29-39)37-17-19-40-38(28-37)18-20-42-41(40)30-43(55-42)45-11-7-23-60(45)50(62)48(58-53(65)69-2)33-21-25-59(26-22-33)70(3,66)67/h4-6,9-10,13-17,19,27-29,31,33,45-48H,7-8,11-12,18,20-26,30H2,1-3H3,(H,54,56)(H,57,64)(H,58,65)/t45-,46-,47+,48-/m0/s1. The molecule has 16 nitrogen and oxygen atoms in total. The van der Waals surface area contributed by atoms with Gasteiger partial charge in [-0.3, -0.25) is 14.6 Å². The molecular formula is C53H58N8O8S. The highest BCUT2D eigenvalue weighted by Gasteiger charge is 2.43. The highest BCUT2D eigenvalue weighted by atomic mass is 32.2. The van der Waals surface area contributed by atoms with E-state index in [4.69, 9.17) is 19.5 Å². The van der Waals surface area contributed by atoms with E-state index in [2.05, 4.69) is 70.2 Å². The third-order valence-electron chi connectivity index (χ3n) is 14.9. The van der Waals surface area contributed by atoms with Crippen LogP contribution >= 0.6 is 0 Å². The maximum atomic E-state index is 14.4. The molecule has 5 heterocycles. The fourth-order valence-corrected chi connectivity index (χ4v) is 12.1. The first-order valence-corrected chi connectivity index (χ1v) is 26.0. The smallest absolute Gasteiger partial charge is 0.407 e. The van der Waals surface area contributed by atoms with Crippen LogP contribution in [0.4, 0.5) is 9.59 Å². The Labute approximate surface area is 407 Å². The number of aliphatic imine (C=N–C) groups is 1. The molecule has 5 aliphatic rings. The number of amides is 4. The Morgan fingerprint density at radius 2 is 1.37 bits per heavy atom. The SMILES string of the molecule is COC(=O)N[C@H](C(=O)N1CCC[C@H]1C1=NC2=C(C1)c1ccc(-c3ccc4cc(-c5cnc([C@@H]6CCCN6C(=O)[C@H](NC(=O)OC)c6ccccc6)[nH]5)ccc4c3)cc1CC2)C1CCN(S(C)(=O)=O)CC1. The number of carbonyl (C=O) groups excluding carboxylic acids is 4. The van der Waals surface area contributed by atoms with Crippen LogP contribution in [0.25, 0.3) is 38.7 Å². The van der Waals surface area contributed by atoms with Crippen molar-refractivity contribution in [3.8, 4) is 22.4 Å². The largest absolute Gasteiger partial charge is 0.453 e. The number of methoxy groups -OCH3 is 2. The molecule has 3 saturated heterocycles. The Hall–Kier alpha value is -6.85. The van der Waals surface area contributed by atoms with Crippen molar-refractivity contribution in [1.82, 2.24) is 34.7 Å². The number of benzene rings is 4. The van der Waals surface area contributed by atoms with Crippen molar-refractivity contribution in [2.24, 2.45) is 10.9 Å². The summed E-state index contributed by atoms with van der Waals surface area (Å²) >= 11 is 0. The number of imidazole rings is 1. The molecule has 0 radical (unpaired) electrons. The van der Waals surface area contributed by atoms with Crippen molar-refractivity contribution in [3.63, 3.8) is 0 Å². The first-order valence-electron chi connectivity index (χ1n) is 24.2. The summed E-state index contributed by atoms with van der Waals surface area (Å²) in [4.78, 5) is 70.4. The van der Waals surface area contributed by atoms with Crippen LogP contribution in [0.5, 0.6) is 0 Å². The van der Waals surface area contributed by atoms with E-state index in [0.29, 0.717) is 56.8 Å². The zero-order chi connectivity index (χ0) is 48.7. The summed E-state index contributed by atoms with van der Waals surface area (Å²) in [5.74, 6) is 0.0912. The topological polar surface area (TPSA) is 196 Å². The Morgan fingerprint density at radius 1 is 0.729 bits per heavy atom. The van der Waals surface area contributed by atoms with Crippen LogP contribution in [0.1, 0.15) is 86.0 Å². The number of piperidine rings is 1. The number of nitrogens with zero attached hydrogens (tertiary/aromatic N) is 5. The van der Waals surface area contributed by atoms with Crippen LogP contribution in [0, 0.1) is 5.92 Å². The number of alkyl carbamates (subject to hydrolysis) is 2. The number of fused-ring (bicyclic) bond motifs is 3. The minimum absolute atomic E-state index is 0.169. The molecule has 4 atom stereocenters. The fraction of sp³-hybridized carbons (Fsp3) is 0.396. The molecule has 17 heteroatoms. The Morgan fingerprint density at radius 3 is 2.09 bits per heavy atom. The number of hydrogen-bond donors (Lipinski definition) is 3. The van der Waals surface area contributed by atoms with Gasteiger partial charge in [-0.25, -0.2) is 27.3 Å². The number of rotatable bonds is 11. The van der Waals surface area contributed by atoms with Gasteiger partial charge in [-0.1, -0.05) is 72.8 Å². The van der Waals surface area contributed by atoms with E-state index in [9.17, 15) is 27.6 Å². The van der Waals surface area contributed by atoms with Crippen LogP contribution < -0.4 is 10.6 Å². The summed E-state index contributed by atoms with van der Waals surface area (Å²) < 4.78 is 35.6. The lowest BCUT2D eigenvalue weighted by Crippen LogP contribution is -2.56. The van der Waals surface area contributed by atoms with Gasteiger partial charge in [0.1, 0.15) is 17.9 Å². The first kappa shape index (κ1) is 46.9. The van der Waals surface area contributed by atoms with E-state index in [1.54, 1.807) is 4.90 Å². The molecule has 70 heavy (non-hydrogen) atoms. The van der Waals surface area contributed by atoms with E-state index in [-0.39, 0.29) is 29.8 Å². The third kappa shape index (κ3) is 9.31. The lowest BCUT2D eigenvalue weighted by atomic mass is 9.85. The molecule has 364 valence electrons. The quantitative estimate of drug-likeness (QED) is 0.120. The number of allylic oxidation sites excluding steroid dienone is 2. The second-order valence-electron chi connectivity index (χ2n) is 19.0. The van der Waals surface area contributed by atoms with Gasteiger partial charge in [0, 0.05) is 49.6 Å². The summed E-state index contributed by atoms with van der Waals surface area (Å²) in [6, 6.07) is 26.6. The molecule has 4 aliphatic heterocycles. The summed E-state index contributed by atoms with van der Waals surface area (Å²) in [7, 11) is -0.791. The van der Waals surface area contributed by atoms with Crippen LogP contribution in [0.2, 0.25) is 0 Å². The molecule has 0 saturated carbocycles. The zero-order valence-corrected chi connectivity index (χ0v) is 40.5. The lowest BCUT2D eigenvalue weighted by Gasteiger charge is -2.37. The first-order chi connectivity index (χ1) is 33.9. The Kier molecular flexibility index (Phi) is 13.1. The summed E-state index contributed by atoms with van der Waals surface area (Å²) in [6.45, 7) is 1.70. The molecule has 3 fully saturated rings. The number of likely N-dealkylation sites (tertiary alicyclic amines) is 2. The second kappa shape index (κ2) is 19.5. The van der Waals surface area contributed by atoms with Crippen molar-refractivity contribution in [3.05, 3.63) is 119 Å². The van der Waals surface area contributed by atoms with Crippen molar-refractivity contribution in [2.45, 2.75) is 82.0 Å². The van der Waals surface area contributed by atoms with E-state index in [0.717, 1.165) is 83.1 Å². The molecule has 1 aromatic heterocycles. The van der Waals surface area contributed by atoms with E-state index < -0.39 is 34.3 Å². The molecular weight excluding hydrogens is 909 g/mol. The normalized spacial score (nSPS) is 20.4. The predicted molar refractivity (Wildman–Crippen MR) is 266 cm³/mol. The molecule has 3 N–H and O–H groups in total. The average molecular weight is 967 g/mol. The highest BCUT2D eigenvalue weighted by Crippen LogP contribution is 2.42. The van der Waals surface area contributed by atoms with Crippen LogP contribution in [-0.4, -0.2) is 121 Å². The molecule has 1 aliphatic carbocycles. The second-order valence-corrected chi connectivity index (χ2v) is 21.0. The number of ether oxygens (including phenoxy) is 2. The average Bonchev–Trinajstić information content (AvgIpc) is 4.23. The monoisotopic (exact) mass is 966 g/mol. The van der Waals surface area contributed by atoms with E-state index in [1.165, 1.54) is 41.5 Å². The number of H-pyrrole nitrogens is 1. The van der Waals surface area contributed by atoms with Crippen LogP contribution in [0.3, 0.4) is 0 Å². The van der Waals surface area contributed by atoms with Gasteiger partial charge in [0.25, 0.3) is 5.91 Å². The predicted octanol–water partition coefficient (Wildman–Crippen LogP) is 7.55. The molecule has 5 aromatic rings. The Balaban J connectivity index is 0.810. The molecule has 0 spiro atoms. The number of nitrogens with one attached hydrogen (secondary N) is 3. The van der Waals surface area contributed by atoms with Gasteiger partial charge >= 0.3 is 12.2 Å². The zero-order valence-electron chi connectivity index (χ0n) is 39.6. The van der Waals surface area contributed by atoms with Crippen LogP contribution in [-0.2, 0) is 35.5 Å². The number of hydrogen-bond acceptors (Lipinski definition) is 10. The molecule has 0 unspecified atom stereocenters. The summed E-state index contributed by atoms with van der Waals surface area (Å²) in [5, 5.41) is 7.73. The Bertz CT molecular complexity index is 3040. The lowest BCUT2D eigenvalue weighted by molar-refractivity contribution is -0.135. The number of aromatic amines is 1. The van der Waals surface area contributed by atoms with E-state index in [1.807, 2.05) is 41.4 Å². The minimum atomic E-state index is -3.35. The number of sulfonamides is 1. The van der Waals surface area contributed by atoms with Crippen molar-refractivity contribution in [1.29, 1.82) is 0 Å². The fourth-order valence-electron chi connectivity index (χ4n) is 11.2. The van der Waals surface area contributed by atoms with E-state index >= 15 is 0 Å². The molecule has 4 aromatic carbocycles. The minimum Gasteiger partial charge on any atom is -0.453 e. The molecule has 0 bridgehead atoms. The number of carbonyl (C=O) groups is 4. The van der Waals surface area contributed by atoms with Gasteiger partial charge in [-0.2, -0.15) is 0 Å². The van der Waals surface area contributed by atoms with Gasteiger partial charge in [-0.05, 0) is 114 Å². The maximum absolute atomic E-state index is 14.4. The number of aryl methyl sites for hydroxylation is 1. The number of aromatic nitrogens is 2. The van der Waals surface area contributed by atoms with Gasteiger partial charge in [-0.15, -0.1) is 0 Å². The van der Waals surface area contributed by atoms with Gasteiger partial charge in [0.2, 0.25) is 15.9 Å². The van der Waals surface area contributed by atoms with Gasteiger partial charge < -0.3 is 34.9 Å². The van der Waals surface area contributed by atoms with Gasteiger partial charge in [0.05, 0.1) is 44.4 Å². The summed E-state index contributed by atoms with van der Waals surface area (Å²) in [6.07, 6.45) is 8.08. The van der Waals surface area contributed by atoms with Crippen molar-refractivity contribution in [2.75, 3.05) is 46.7 Å². The van der Waals surface area contributed by atoms with Crippen molar-refractivity contribution < 1.29 is 37.1 Å². The van der Waals surface area contributed by atoms with Gasteiger partial charge in [0.15, 0.2) is 0 Å². The maximum Gasteiger partial charge on any atom is 0.407 e. The third-order valence-corrected chi connectivity index (χ3v) is 16.2. The highest BCUT2D eigenvalue weighted by molar-refractivity contribution is 7.88.